The lowest BCUT2D eigenvalue weighted by molar-refractivity contribution is -0.137. The maximum atomic E-state index is 12.2. The summed E-state index contributed by atoms with van der Waals surface area (Å²) < 4.78 is 46.0. The van der Waals surface area contributed by atoms with Crippen molar-refractivity contribution in [1.29, 1.82) is 0 Å². The van der Waals surface area contributed by atoms with Crippen LogP contribution in [0.25, 0.3) is 6.08 Å². The fourth-order valence-corrected chi connectivity index (χ4v) is 4.45. The van der Waals surface area contributed by atoms with Gasteiger partial charge in [0.1, 0.15) is 12.4 Å². The molecule has 1 aromatic heterocycles. The Balaban J connectivity index is 1.50. The average molecular weight is 486 g/mol. The molecule has 0 aliphatic rings. The number of sulfone groups is 1. The fraction of sp³-hybridized carbons (Fsp3) is 0.280. The van der Waals surface area contributed by atoms with Crippen LogP contribution in [0.4, 0.5) is 0 Å². The molecule has 0 radical (unpaired) electrons. The number of esters is 1. The van der Waals surface area contributed by atoms with Gasteiger partial charge in [-0.25, -0.2) is 13.2 Å². The number of hydrogen-bond donors (Lipinski definition) is 0. The Kier molecular flexibility index (Phi) is 8.48. The summed E-state index contributed by atoms with van der Waals surface area (Å²) in [4.78, 5) is 12.3. The number of ether oxygens (including phenoxy) is 3. The van der Waals surface area contributed by atoms with Gasteiger partial charge in [0.2, 0.25) is 0 Å². The van der Waals surface area contributed by atoms with Crippen LogP contribution in [-0.4, -0.2) is 39.0 Å². The van der Waals surface area contributed by atoms with Gasteiger partial charge in [0.05, 0.1) is 35.6 Å². The number of hydrogen-bond acceptors (Lipinski definition) is 8. The predicted molar refractivity (Wildman–Crippen MR) is 126 cm³/mol. The first kappa shape index (κ1) is 25.0. The van der Waals surface area contributed by atoms with Crippen molar-refractivity contribution in [2.75, 3.05) is 19.5 Å². The van der Waals surface area contributed by atoms with Gasteiger partial charge in [0.15, 0.2) is 21.3 Å². The van der Waals surface area contributed by atoms with Crippen LogP contribution in [0.15, 0.2) is 64.0 Å². The minimum absolute atomic E-state index is 0.00698. The standard InChI is InChI=1S/C25H27NO7S/c1-18-22(19(2)33-26-18)17-32-23-12-10-20(16-24(23)30-3)11-13-25(27)31-14-7-15-34(28,29)21-8-5-4-6-9-21/h4-6,8-13,16H,7,14-15,17H2,1-3H3. The minimum Gasteiger partial charge on any atom is -0.493 e. The largest absolute Gasteiger partial charge is 0.493 e. The zero-order valence-electron chi connectivity index (χ0n) is 19.3. The van der Waals surface area contributed by atoms with Crippen LogP contribution in [-0.2, 0) is 26.0 Å². The molecule has 0 amide bonds. The van der Waals surface area contributed by atoms with Gasteiger partial charge in [-0.3, -0.25) is 0 Å². The number of carbonyl (C=O) groups excluding carboxylic acids is 1. The summed E-state index contributed by atoms with van der Waals surface area (Å²) in [6, 6.07) is 13.5. The van der Waals surface area contributed by atoms with Crippen molar-refractivity contribution in [3.05, 3.63) is 77.2 Å². The van der Waals surface area contributed by atoms with Crippen molar-refractivity contribution in [3.8, 4) is 11.5 Å². The molecule has 8 nitrogen and oxygen atoms in total. The Morgan fingerprint density at radius 2 is 1.85 bits per heavy atom. The van der Waals surface area contributed by atoms with E-state index in [0.717, 1.165) is 11.3 Å². The molecule has 180 valence electrons. The third kappa shape index (κ3) is 6.71. The molecule has 0 aliphatic carbocycles. The summed E-state index contributed by atoms with van der Waals surface area (Å²) in [7, 11) is -1.86. The summed E-state index contributed by atoms with van der Waals surface area (Å²) in [6.07, 6.45) is 3.08. The van der Waals surface area contributed by atoms with E-state index in [1.807, 2.05) is 13.8 Å². The quantitative estimate of drug-likeness (QED) is 0.225. The van der Waals surface area contributed by atoms with Gasteiger partial charge in [-0.05, 0) is 56.2 Å². The maximum Gasteiger partial charge on any atom is 0.330 e. The monoisotopic (exact) mass is 485 g/mol. The summed E-state index contributed by atoms with van der Waals surface area (Å²) in [5.41, 5.74) is 2.36. The van der Waals surface area contributed by atoms with Crippen molar-refractivity contribution in [3.63, 3.8) is 0 Å². The highest BCUT2D eigenvalue weighted by atomic mass is 32.2. The number of aromatic nitrogens is 1. The molecule has 9 heteroatoms. The van der Waals surface area contributed by atoms with E-state index in [1.165, 1.54) is 13.2 Å². The lowest BCUT2D eigenvalue weighted by Gasteiger charge is -2.11. The first-order valence-electron chi connectivity index (χ1n) is 10.7. The molecule has 0 fully saturated rings. The Morgan fingerprint density at radius 3 is 2.53 bits per heavy atom. The molecule has 3 aromatic rings. The van der Waals surface area contributed by atoms with Crippen LogP contribution in [0.5, 0.6) is 11.5 Å². The van der Waals surface area contributed by atoms with Crippen LogP contribution in [0.3, 0.4) is 0 Å². The highest BCUT2D eigenvalue weighted by molar-refractivity contribution is 7.91. The van der Waals surface area contributed by atoms with Gasteiger partial charge in [-0.2, -0.15) is 0 Å². The van der Waals surface area contributed by atoms with Crippen LogP contribution >= 0.6 is 0 Å². The molecule has 0 bridgehead atoms. The topological polar surface area (TPSA) is 105 Å². The minimum atomic E-state index is -3.39. The second kappa shape index (κ2) is 11.5. The highest BCUT2D eigenvalue weighted by Crippen LogP contribution is 2.30. The van der Waals surface area contributed by atoms with E-state index in [-0.39, 0.29) is 23.7 Å². The average Bonchev–Trinajstić information content (AvgIpc) is 3.16. The van der Waals surface area contributed by atoms with Crippen LogP contribution in [0.1, 0.15) is 29.0 Å². The lowest BCUT2D eigenvalue weighted by atomic mass is 10.2. The molecule has 0 saturated heterocycles. The SMILES string of the molecule is COc1cc(C=CC(=O)OCCCS(=O)(=O)c2ccccc2)ccc1OCc1c(C)noc1C. The Labute approximate surface area is 199 Å². The maximum absolute atomic E-state index is 12.2. The Bertz CT molecular complexity index is 1230. The van der Waals surface area contributed by atoms with Crippen molar-refractivity contribution < 1.29 is 31.9 Å². The van der Waals surface area contributed by atoms with Gasteiger partial charge >= 0.3 is 5.97 Å². The number of rotatable bonds is 11. The summed E-state index contributed by atoms with van der Waals surface area (Å²) in [5.74, 6) is 1.10. The molecule has 0 N–H and O–H groups in total. The second-order valence-corrected chi connectivity index (χ2v) is 9.60. The molecule has 0 atom stereocenters. The van der Waals surface area contributed by atoms with E-state index < -0.39 is 15.8 Å². The first-order chi connectivity index (χ1) is 16.3. The molecule has 0 unspecified atom stereocenters. The molecule has 1 heterocycles. The molecule has 0 spiro atoms. The predicted octanol–water partition coefficient (Wildman–Crippen LogP) is 4.30. The Morgan fingerprint density at radius 1 is 1.09 bits per heavy atom. The molecule has 0 aliphatic heterocycles. The van der Waals surface area contributed by atoms with Gasteiger partial charge < -0.3 is 18.7 Å². The normalized spacial score (nSPS) is 11.5. The third-order valence-electron chi connectivity index (χ3n) is 5.06. The first-order valence-corrected chi connectivity index (χ1v) is 12.3. The van der Waals surface area contributed by atoms with Crippen LogP contribution < -0.4 is 9.47 Å². The molecular formula is C25H27NO7S. The van der Waals surface area contributed by atoms with Crippen LogP contribution in [0.2, 0.25) is 0 Å². The molecule has 3 rings (SSSR count). The number of aryl methyl sites for hydroxylation is 2. The Hall–Kier alpha value is -3.59. The highest BCUT2D eigenvalue weighted by Gasteiger charge is 2.14. The van der Waals surface area contributed by atoms with E-state index in [9.17, 15) is 13.2 Å². The van der Waals surface area contributed by atoms with E-state index in [0.29, 0.717) is 29.4 Å². The van der Waals surface area contributed by atoms with E-state index in [1.54, 1.807) is 54.6 Å². The molecule has 0 saturated carbocycles. The van der Waals surface area contributed by atoms with Gasteiger partial charge in [0, 0.05) is 6.08 Å². The number of methoxy groups -OCH3 is 1. The summed E-state index contributed by atoms with van der Waals surface area (Å²) >= 11 is 0. The zero-order chi connectivity index (χ0) is 24.6. The third-order valence-corrected chi connectivity index (χ3v) is 6.87. The zero-order valence-corrected chi connectivity index (χ0v) is 20.1. The van der Waals surface area contributed by atoms with Crippen molar-refractivity contribution >= 4 is 21.9 Å². The summed E-state index contributed by atoms with van der Waals surface area (Å²) in [6.45, 7) is 3.97. The fourth-order valence-electron chi connectivity index (χ4n) is 3.14. The number of benzene rings is 2. The number of carbonyl (C=O) groups is 1. The number of nitrogens with zero attached hydrogens (tertiary/aromatic N) is 1. The van der Waals surface area contributed by atoms with Gasteiger partial charge in [-0.15, -0.1) is 0 Å². The van der Waals surface area contributed by atoms with E-state index in [2.05, 4.69) is 5.16 Å². The van der Waals surface area contributed by atoms with Crippen molar-refractivity contribution in [2.24, 2.45) is 0 Å². The molecular weight excluding hydrogens is 458 g/mol. The van der Waals surface area contributed by atoms with E-state index in [4.69, 9.17) is 18.7 Å². The molecule has 34 heavy (non-hydrogen) atoms. The van der Waals surface area contributed by atoms with Crippen molar-refractivity contribution in [2.45, 2.75) is 31.8 Å². The van der Waals surface area contributed by atoms with Crippen molar-refractivity contribution in [1.82, 2.24) is 5.16 Å². The second-order valence-electron chi connectivity index (χ2n) is 7.49. The van der Waals surface area contributed by atoms with Gasteiger partial charge in [0.25, 0.3) is 0 Å². The lowest BCUT2D eigenvalue weighted by Crippen LogP contribution is -2.11. The van der Waals surface area contributed by atoms with Gasteiger partial charge in [-0.1, -0.05) is 29.4 Å². The summed E-state index contributed by atoms with van der Waals surface area (Å²) in [5, 5.41) is 3.91. The van der Waals surface area contributed by atoms with E-state index >= 15 is 0 Å². The smallest absolute Gasteiger partial charge is 0.330 e. The van der Waals surface area contributed by atoms with Crippen LogP contribution in [0, 0.1) is 13.8 Å². The molecule has 2 aromatic carbocycles.